The SMILES string of the molecule is CN(C(=O)c1ccc(F)cc1)c1nc(-c2ccc(Cl)nn2)cs1. The lowest BCUT2D eigenvalue weighted by Gasteiger charge is -2.13. The average Bonchev–Trinajstić information content (AvgIpc) is 3.05. The maximum atomic E-state index is 12.9. The summed E-state index contributed by atoms with van der Waals surface area (Å²) >= 11 is 7.01. The van der Waals surface area contributed by atoms with E-state index in [9.17, 15) is 9.18 Å². The van der Waals surface area contributed by atoms with E-state index in [0.717, 1.165) is 0 Å². The Kier molecular flexibility index (Phi) is 4.31. The number of thiazole rings is 1. The monoisotopic (exact) mass is 348 g/mol. The van der Waals surface area contributed by atoms with Crippen LogP contribution in [0.5, 0.6) is 0 Å². The lowest BCUT2D eigenvalue weighted by atomic mass is 10.2. The molecule has 0 bridgehead atoms. The highest BCUT2D eigenvalue weighted by molar-refractivity contribution is 7.14. The molecule has 0 unspecified atom stereocenters. The van der Waals surface area contributed by atoms with Gasteiger partial charge in [0.1, 0.15) is 17.2 Å². The smallest absolute Gasteiger partial charge is 0.259 e. The number of hydrogen-bond acceptors (Lipinski definition) is 5. The van der Waals surface area contributed by atoms with Crippen LogP contribution in [0.4, 0.5) is 9.52 Å². The van der Waals surface area contributed by atoms with E-state index < -0.39 is 0 Å². The highest BCUT2D eigenvalue weighted by Gasteiger charge is 2.17. The Labute approximate surface area is 140 Å². The fraction of sp³-hybridized carbons (Fsp3) is 0.0667. The number of anilines is 1. The maximum absolute atomic E-state index is 12.9. The molecule has 116 valence electrons. The molecule has 0 saturated heterocycles. The Morgan fingerprint density at radius 3 is 2.52 bits per heavy atom. The number of benzene rings is 1. The summed E-state index contributed by atoms with van der Waals surface area (Å²) in [6.45, 7) is 0. The van der Waals surface area contributed by atoms with E-state index >= 15 is 0 Å². The van der Waals surface area contributed by atoms with Crippen molar-refractivity contribution < 1.29 is 9.18 Å². The molecular formula is C15H10ClFN4OS. The van der Waals surface area contributed by atoms with Crippen molar-refractivity contribution in [1.82, 2.24) is 15.2 Å². The van der Waals surface area contributed by atoms with Crippen molar-refractivity contribution in [3.63, 3.8) is 0 Å². The lowest BCUT2D eigenvalue weighted by Crippen LogP contribution is -2.26. The Balaban J connectivity index is 1.83. The molecule has 0 aliphatic heterocycles. The van der Waals surface area contributed by atoms with E-state index in [1.165, 1.54) is 40.5 Å². The van der Waals surface area contributed by atoms with Crippen molar-refractivity contribution >= 4 is 34.0 Å². The number of amides is 1. The van der Waals surface area contributed by atoms with Crippen molar-refractivity contribution in [1.29, 1.82) is 0 Å². The summed E-state index contributed by atoms with van der Waals surface area (Å²) in [5, 5.41) is 10.3. The molecule has 23 heavy (non-hydrogen) atoms. The number of halogens is 2. The van der Waals surface area contributed by atoms with Crippen LogP contribution in [-0.2, 0) is 0 Å². The van der Waals surface area contributed by atoms with Gasteiger partial charge in [-0.3, -0.25) is 9.69 Å². The zero-order valence-electron chi connectivity index (χ0n) is 11.9. The molecule has 3 rings (SSSR count). The topological polar surface area (TPSA) is 59.0 Å². The van der Waals surface area contributed by atoms with Crippen molar-refractivity contribution in [2.24, 2.45) is 0 Å². The number of rotatable bonds is 3. The summed E-state index contributed by atoms with van der Waals surface area (Å²) in [5.41, 5.74) is 1.56. The van der Waals surface area contributed by atoms with Crippen molar-refractivity contribution in [2.45, 2.75) is 0 Å². The Bertz CT molecular complexity index is 835. The fourth-order valence-corrected chi connectivity index (χ4v) is 2.74. The Morgan fingerprint density at radius 1 is 1.13 bits per heavy atom. The van der Waals surface area contributed by atoms with Crippen LogP contribution in [0.25, 0.3) is 11.4 Å². The second-order valence-electron chi connectivity index (χ2n) is 4.63. The summed E-state index contributed by atoms with van der Waals surface area (Å²) in [5.74, 6) is -0.657. The van der Waals surface area contributed by atoms with Gasteiger partial charge in [0.15, 0.2) is 10.3 Å². The third-order valence-electron chi connectivity index (χ3n) is 3.07. The van der Waals surface area contributed by atoms with Crippen LogP contribution < -0.4 is 4.90 Å². The van der Waals surface area contributed by atoms with Crippen LogP contribution in [-0.4, -0.2) is 28.1 Å². The first-order valence-electron chi connectivity index (χ1n) is 6.53. The van der Waals surface area contributed by atoms with Crippen LogP contribution >= 0.6 is 22.9 Å². The van der Waals surface area contributed by atoms with Gasteiger partial charge in [0.2, 0.25) is 0 Å². The molecule has 2 heterocycles. The molecule has 0 N–H and O–H groups in total. The zero-order chi connectivity index (χ0) is 16.4. The molecule has 5 nitrogen and oxygen atoms in total. The third kappa shape index (κ3) is 3.35. The van der Waals surface area contributed by atoms with E-state index in [2.05, 4.69) is 15.2 Å². The third-order valence-corrected chi connectivity index (χ3v) is 4.19. The summed E-state index contributed by atoms with van der Waals surface area (Å²) in [6, 6.07) is 8.70. The second-order valence-corrected chi connectivity index (χ2v) is 5.85. The summed E-state index contributed by atoms with van der Waals surface area (Å²) in [6.07, 6.45) is 0. The van der Waals surface area contributed by atoms with Crippen LogP contribution in [0.1, 0.15) is 10.4 Å². The highest BCUT2D eigenvalue weighted by atomic mass is 35.5. The second kappa shape index (κ2) is 6.39. The van der Waals surface area contributed by atoms with Gasteiger partial charge in [-0.05, 0) is 36.4 Å². The maximum Gasteiger partial charge on any atom is 0.259 e. The molecule has 0 saturated carbocycles. The number of nitrogens with zero attached hydrogens (tertiary/aromatic N) is 4. The predicted octanol–water partition coefficient (Wildman–Crippen LogP) is 3.67. The van der Waals surface area contributed by atoms with Gasteiger partial charge in [-0.25, -0.2) is 9.37 Å². The Morgan fingerprint density at radius 2 is 1.87 bits per heavy atom. The van der Waals surface area contributed by atoms with E-state index in [1.54, 1.807) is 24.6 Å². The quantitative estimate of drug-likeness (QED) is 0.724. The molecular weight excluding hydrogens is 339 g/mol. The van der Waals surface area contributed by atoms with Gasteiger partial charge in [-0.2, -0.15) is 0 Å². The van der Waals surface area contributed by atoms with E-state index in [0.29, 0.717) is 27.2 Å². The van der Waals surface area contributed by atoms with Crippen molar-refractivity contribution in [3.8, 4) is 11.4 Å². The molecule has 2 aromatic heterocycles. The fourth-order valence-electron chi connectivity index (χ4n) is 1.86. The van der Waals surface area contributed by atoms with Crippen LogP contribution in [0.15, 0.2) is 41.8 Å². The summed E-state index contributed by atoms with van der Waals surface area (Å²) in [4.78, 5) is 18.2. The molecule has 0 aliphatic rings. The van der Waals surface area contributed by atoms with Crippen LogP contribution in [0, 0.1) is 5.82 Å². The molecule has 0 fully saturated rings. The van der Waals surface area contributed by atoms with Gasteiger partial charge in [0.25, 0.3) is 5.91 Å². The van der Waals surface area contributed by atoms with Gasteiger partial charge in [-0.1, -0.05) is 11.6 Å². The molecule has 8 heteroatoms. The van der Waals surface area contributed by atoms with Crippen LogP contribution in [0.2, 0.25) is 5.15 Å². The van der Waals surface area contributed by atoms with E-state index in [1.807, 2.05) is 0 Å². The number of carbonyl (C=O) groups is 1. The van der Waals surface area contributed by atoms with Gasteiger partial charge >= 0.3 is 0 Å². The van der Waals surface area contributed by atoms with Gasteiger partial charge in [0.05, 0.1) is 0 Å². The molecule has 0 radical (unpaired) electrons. The van der Waals surface area contributed by atoms with Gasteiger partial charge in [-0.15, -0.1) is 21.5 Å². The predicted molar refractivity (Wildman–Crippen MR) is 87.3 cm³/mol. The first-order valence-corrected chi connectivity index (χ1v) is 7.79. The standard InChI is InChI=1S/C15H10ClFN4OS/c1-21(14(22)9-2-4-10(17)5-3-9)15-18-12(8-23-15)11-6-7-13(16)20-19-11/h2-8H,1H3. The van der Waals surface area contributed by atoms with Crippen LogP contribution in [0.3, 0.4) is 0 Å². The first-order chi connectivity index (χ1) is 11.0. The molecule has 0 spiro atoms. The van der Waals surface area contributed by atoms with Gasteiger partial charge < -0.3 is 0 Å². The summed E-state index contributed by atoms with van der Waals surface area (Å²) < 4.78 is 12.9. The number of hydrogen-bond donors (Lipinski definition) is 0. The first kappa shape index (κ1) is 15.5. The summed E-state index contributed by atoms with van der Waals surface area (Å²) in [7, 11) is 1.61. The Hall–Kier alpha value is -2.38. The van der Waals surface area contributed by atoms with Gasteiger partial charge in [0, 0.05) is 18.0 Å². The van der Waals surface area contributed by atoms with Crippen molar-refractivity contribution in [3.05, 3.63) is 58.3 Å². The normalized spacial score (nSPS) is 10.6. The molecule has 1 aromatic carbocycles. The van der Waals surface area contributed by atoms with E-state index in [-0.39, 0.29) is 11.7 Å². The highest BCUT2D eigenvalue weighted by Crippen LogP contribution is 2.26. The number of carbonyl (C=O) groups excluding carboxylic acids is 1. The minimum absolute atomic E-state index is 0.270. The van der Waals surface area contributed by atoms with E-state index in [4.69, 9.17) is 11.6 Å². The minimum Gasteiger partial charge on any atom is -0.287 e. The minimum atomic E-state index is -0.387. The average molecular weight is 349 g/mol. The molecule has 3 aromatic rings. The number of aromatic nitrogens is 3. The zero-order valence-corrected chi connectivity index (χ0v) is 13.5. The molecule has 0 aliphatic carbocycles. The molecule has 1 amide bonds. The molecule has 0 atom stereocenters. The largest absolute Gasteiger partial charge is 0.287 e. The van der Waals surface area contributed by atoms with Crippen molar-refractivity contribution in [2.75, 3.05) is 11.9 Å². The lowest BCUT2D eigenvalue weighted by molar-refractivity contribution is 0.0993.